The van der Waals surface area contributed by atoms with Crippen LogP contribution in [0.2, 0.25) is 0 Å². The predicted octanol–water partition coefficient (Wildman–Crippen LogP) is 0.480. The Bertz CT molecular complexity index is 541. The number of anilines is 1. The molecule has 1 aliphatic rings. The van der Waals surface area contributed by atoms with Crippen LogP contribution in [0.3, 0.4) is 0 Å². The number of carbonyl (C=O) groups is 1. The minimum Gasteiger partial charge on any atom is -0.357 e. The number of nitrogens with one attached hydrogen (secondary N) is 2. The summed E-state index contributed by atoms with van der Waals surface area (Å²) in [6.45, 7) is 9.27. The van der Waals surface area contributed by atoms with Crippen molar-refractivity contribution in [1.82, 2.24) is 25.5 Å². The molecule has 2 N–H and O–H groups in total. The molecule has 0 aliphatic carbocycles. The zero-order valence-corrected chi connectivity index (χ0v) is 15.2. The summed E-state index contributed by atoms with van der Waals surface area (Å²) in [5.41, 5.74) is 0. The Morgan fingerprint density at radius 3 is 2.52 bits per heavy atom. The molecule has 2 rings (SSSR count). The molecule has 25 heavy (non-hydrogen) atoms. The Hall–Kier alpha value is -2.38. The molecular weight excluding hydrogens is 318 g/mol. The van der Waals surface area contributed by atoms with Gasteiger partial charge in [0.05, 0.1) is 0 Å². The van der Waals surface area contributed by atoms with E-state index >= 15 is 0 Å². The first-order valence-corrected chi connectivity index (χ1v) is 9.06. The Labute approximate surface area is 149 Å². The van der Waals surface area contributed by atoms with Crippen molar-refractivity contribution in [3.05, 3.63) is 18.5 Å². The number of hydrogen-bond acceptors (Lipinski definition) is 5. The Morgan fingerprint density at radius 1 is 1.16 bits per heavy atom. The number of rotatable bonds is 7. The monoisotopic (exact) mass is 347 g/mol. The maximum absolute atomic E-state index is 12.4. The van der Waals surface area contributed by atoms with Crippen LogP contribution < -0.4 is 15.5 Å². The molecule has 0 radical (unpaired) electrons. The molecule has 0 spiro atoms. The Morgan fingerprint density at radius 2 is 1.88 bits per heavy atom. The van der Waals surface area contributed by atoms with Crippen molar-refractivity contribution in [2.45, 2.75) is 26.7 Å². The van der Waals surface area contributed by atoms with Crippen LogP contribution in [0.4, 0.5) is 5.95 Å². The smallest absolute Gasteiger partial charge is 0.225 e. The van der Waals surface area contributed by atoms with Crippen LogP contribution in [0, 0.1) is 0 Å². The summed E-state index contributed by atoms with van der Waals surface area (Å²) in [5.74, 6) is 1.69. The number of hydrogen-bond donors (Lipinski definition) is 2. The lowest BCUT2D eigenvalue weighted by Crippen LogP contribution is -2.50. The molecule has 0 atom stereocenters. The van der Waals surface area contributed by atoms with Crippen molar-refractivity contribution in [3.63, 3.8) is 0 Å². The van der Waals surface area contributed by atoms with Crippen LogP contribution in [-0.2, 0) is 4.79 Å². The lowest BCUT2D eigenvalue weighted by Gasteiger charge is -2.34. The van der Waals surface area contributed by atoms with Gasteiger partial charge in [-0.15, -0.1) is 0 Å². The van der Waals surface area contributed by atoms with Crippen molar-refractivity contribution in [1.29, 1.82) is 0 Å². The molecule has 138 valence electrons. The van der Waals surface area contributed by atoms with E-state index in [4.69, 9.17) is 0 Å². The molecule has 0 bridgehead atoms. The van der Waals surface area contributed by atoms with Crippen molar-refractivity contribution in [2.75, 3.05) is 50.7 Å². The summed E-state index contributed by atoms with van der Waals surface area (Å²) < 4.78 is 0. The van der Waals surface area contributed by atoms with Gasteiger partial charge in [-0.1, -0.05) is 6.92 Å². The average Bonchev–Trinajstić information content (AvgIpc) is 2.67. The van der Waals surface area contributed by atoms with Gasteiger partial charge in [0.2, 0.25) is 11.9 Å². The molecule has 0 saturated carbocycles. The van der Waals surface area contributed by atoms with Crippen LogP contribution in [0.1, 0.15) is 26.7 Å². The molecule has 1 saturated heterocycles. The van der Waals surface area contributed by atoms with Crippen molar-refractivity contribution < 1.29 is 4.79 Å². The molecule has 1 amide bonds. The summed E-state index contributed by atoms with van der Waals surface area (Å²) in [6.07, 6.45) is 4.96. The highest BCUT2D eigenvalue weighted by atomic mass is 16.2. The summed E-state index contributed by atoms with van der Waals surface area (Å²) in [6, 6.07) is 1.81. The lowest BCUT2D eigenvalue weighted by atomic mass is 10.3. The Balaban J connectivity index is 1.71. The average molecular weight is 347 g/mol. The first-order valence-electron chi connectivity index (χ1n) is 9.06. The summed E-state index contributed by atoms with van der Waals surface area (Å²) in [7, 11) is 0. The molecule has 8 nitrogen and oxygen atoms in total. The predicted molar refractivity (Wildman–Crippen MR) is 99.7 cm³/mol. The highest BCUT2D eigenvalue weighted by Crippen LogP contribution is 2.10. The van der Waals surface area contributed by atoms with Crippen LogP contribution in [0.15, 0.2) is 23.5 Å². The second kappa shape index (κ2) is 10.5. The number of nitrogens with zero attached hydrogens (tertiary/aromatic N) is 5. The number of amides is 1. The van der Waals surface area contributed by atoms with E-state index in [1.165, 1.54) is 0 Å². The van der Waals surface area contributed by atoms with E-state index in [1.54, 1.807) is 12.4 Å². The fourth-order valence-electron chi connectivity index (χ4n) is 2.62. The van der Waals surface area contributed by atoms with E-state index in [-0.39, 0.29) is 5.91 Å². The summed E-state index contributed by atoms with van der Waals surface area (Å²) in [4.78, 5) is 29.4. The molecule has 1 aromatic rings. The van der Waals surface area contributed by atoms with Gasteiger partial charge in [-0.05, 0) is 19.4 Å². The number of guanidine groups is 1. The Kier molecular flexibility index (Phi) is 7.94. The quantitative estimate of drug-likeness (QED) is 0.551. The first-order chi connectivity index (χ1) is 12.2. The normalized spacial score (nSPS) is 15.2. The van der Waals surface area contributed by atoms with E-state index in [0.717, 1.165) is 44.5 Å². The molecule has 1 aliphatic heterocycles. The van der Waals surface area contributed by atoms with Gasteiger partial charge in [0.1, 0.15) is 0 Å². The second-order valence-corrected chi connectivity index (χ2v) is 5.85. The van der Waals surface area contributed by atoms with Gasteiger partial charge in [0.15, 0.2) is 5.96 Å². The summed E-state index contributed by atoms with van der Waals surface area (Å²) in [5, 5.41) is 6.41. The van der Waals surface area contributed by atoms with Gasteiger partial charge in [-0.3, -0.25) is 9.79 Å². The van der Waals surface area contributed by atoms with E-state index in [9.17, 15) is 4.79 Å². The number of aliphatic imine (C=N–C) groups is 1. The molecule has 2 heterocycles. The molecular formula is C17H29N7O. The SMILES string of the molecule is CCCN=C(NCC)NCCC(=O)N1CCN(c2ncccn2)CC1. The maximum Gasteiger partial charge on any atom is 0.225 e. The van der Waals surface area contributed by atoms with Crippen LogP contribution in [0.25, 0.3) is 0 Å². The highest BCUT2D eigenvalue weighted by molar-refractivity contribution is 5.81. The highest BCUT2D eigenvalue weighted by Gasteiger charge is 2.22. The molecule has 0 unspecified atom stereocenters. The lowest BCUT2D eigenvalue weighted by molar-refractivity contribution is -0.131. The summed E-state index contributed by atoms with van der Waals surface area (Å²) >= 11 is 0. The van der Waals surface area contributed by atoms with E-state index < -0.39 is 0 Å². The molecule has 1 fully saturated rings. The standard InChI is InChI=1S/C17H29N7O/c1-3-7-19-16(18-4-2)20-10-6-15(25)23-11-13-24(14-12-23)17-21-8-5-9-22-17/h5,8-9H,3-4,6-7,10-14H2,1-2H3,(H2,18,19,20). The maximum atomic E-state index is 12.4. The second-order valence-electron chi connectivity index (χ2n) is 5.85. The third-order valence-electron chi connectivity index (χ3n) is 3.94. The topological polar surface area (TPSA) is 85.8 Å². The van der Waals surface area contributed by atoms with Crippen molar-refractivity contribution in [3.8, 4) is 0 Å². The van der Waals surface area contributed by atoms with E-state index in [1.807, 2.05) is 17.9 Å². The fourth-order valence-corrected chi connectivity index (χ4v) is 2.62. The van der Waals surface area contributed by atoms with E-state index in [0.29, 0.717) is 26.1 Å². The largest absolute Gasteiger partial charge is 0.357 e. The fraction of sp³-hybridized carbons (Fsp3) is 0.647. The number of carbonyl (C=O) groups excluding carboxylic acids is 1. The van der Waals surface area contributed by atoms with Crippen molar-refractivity contribution >= 4 is 17.8 Å². The minimum atomic E-state index is 0.174. The zero-order valence-electron chi connectivity index (χ0n) is 15.2. The molecule has 0 aromatic carbocycles. The number of piperazine rings is 1. The van der Waals surface area contributed by atoms with Gasteiger partial charge in [-0.25, -0.2) is 9.97 Å². The van der Waals surface area contributed by atoms with Gasteiger partial charge in [0, 0.05) is 64.6 Å². The van der Waals surface area contributed by atoms with E-state index in [2.05, 4.69) is 37.4 Å². The van der Waals surface area contributed by atoms with Gasteiger partial charge in [-0.2, -0.15) is 0 Å². The van der Waals surface area contributed by atoms with Crippen LogP contribution in [0.5, 0.6) is 0 Å². The van der Waals surface area contributed by atoms with Crippen LogP contribution in [-0.4, -0.2) is 72.5 Å². The number of aromatic nitrogens is 2. The minimum absolute atomic E-state index is 0.174. The third-order valence-corrected chi connectivity index (χ3v) is 3.94. The van der Waals surface area contributed by atoms with Crippen molar-refractivity contribution in [2.24, 2.45) is 4.99 Å². The van der Waals surface area contributed by atoms with Gasteiger partial charge < -0.3 is 20.4 Å². The molecule has 1 aromatic heterocycles. The molecule has 8 heteroatoms. The first kappa shape index (κ1) is 19.0. The van der Waals surface area contributed by atoms with Gasteiger partial charge in [0.25, 0.3) is 0 Å². The zero-order chi connectivity index (χ0) is 17.9. The van der Waals surface area contributed by atoms with Gasteiger partial charge >= 0.3 is 0 Å². The third kappa shape index (κ3) is 6.21. The van der Waals surface area contributed by atoms with Crippen LogP contribution >= 0.6 is 0 Å².